The van der Waals surface area contributed by atoms with E-state index in [0.717, 1.165) is 59.4 Å². The minimum atomic E-state index is 0.602. The van der Waals surface area contributed by atoms with Crippen LogP contribution in [0.3, 0.4) is 0 Å². The van der Waals surface area contributed by atoms with Gasteiger partial charge in [0.2, 0.25) is 0 Å². The van der Waals surface area contributed by atoms with Gasteiger partial charge in [-0.1, -0.05) is 60.7 Å². The van der Waals surface area contributed by atoms with Gasteiger partial charge in [-0.15, -0.1) is 0 Å². The summed E-state index contributed by atoms with van der Waals surface area (Å²) in [5.41, 5.74) is 11.5. The molecule has 1 radical (unpaired) electrons. The van der Waals surface area contributed by atoms with E-state index in [0.29, 0.717) is 17.5 Å². The van der Waals surface area contributed by atoms with Gasteiger partial charge in [0.05, 0.1) is 0 Å². The molecule has 0 aliphatic rings. The average molecular weight is 756 g/mol. The molecule has 0 bridgehead atoms. The van der Waals surface area contributed by atoms with Crippen LogP contribution in [0.15, 0.2) is 186 Å². The summed E-state index contributed by atoms with van der Waals surface area (Å²) in [5.74, 6) is 1.84. The zero-order valence-electron chi connectivity index (χ0n) is 29.0. The fourth-order valence-corrected chi connectivity index (χ4v) is 8.22. The van der Waals surface area contributed by atoms with Crippen LogP contribution in [-0.4, -0.2) is 31.0 Å². The van der Waals surface area contributed by atoms with Gasteiger partial charge in [0.1, 0.15) is 11.2 Å². The summed E-state index contributed by atoms with van der Waals surface area (Å²) in [6.07, 6.45) is 0. The Morgan fingerprint density at radius 1 is 0.352 bits per heavy atom. The molecule has 5 heteroatoms. The average Bonchev–Trinajstić information content (AvgIpc) is 3.63. The monoisotopic (exact) mass is 756 g/mol. The molecular formula is C49H30N3OSe. The number of benzene rings is 8. The first-order valence-corrected chi connectivity index (χ1v) is 18.8. The van der Waals surface area contributed by atoms with Gasteiger partial charge < -0.3 is 4.42 Å². The molecular weight excluding hydrogens is 726 g/mol. The maximum absolute atomic E-state index is 6.23. The van der Waals surface area contributed by atoms with Gasteiger partial charge in [0.25, 0.3) is 0 Å². The first-order chi connectivity index (χ1) is 26.7. The summed E-state index contributed by atoms with van der Waals surface area (Å²) in [6.45, 7) is 0. The fourth-order valence-electron chi connectivity index (χ4n) is 7.44. The summed E-state index contributed by atoms with van der Waals surface area (Å²) in [7, 11) is 0. The third-order valence-corrected chi connectivity index (χ3v) is 11.0. The SMILES string of the molecule is [Se]c1c(-c2ccccc2)cccc1-c1cccc(-c2cccc3cc(-c4nc(-c5ccccc5)nc(-c5cccc6oc7ccccc7c56)n4)ccc23)c1. The molecule has 2 heterocycles. The Morgan fingerprint density at radius 3 is 1.72 bits per heavy atom. The number of hydrogen-bond acceptors (Lipinski definition) is 4. The molecule has 0 spiro atoms. The van der Waals surface area contributed by atoms with Crippen LogP contribution in [0.5, 0.6) is 0 Å². The van der Waals surface area contributed by atoms with E-state index >= 15 is 0 Å². The zero-order valence-corrected chi connectivity index (χ0v) is 30.7. The molecule has 54 heavy (non-hydrogen) atoms. The van der Waals surface area contributed by atoms with Crippen LogP contribution < -0.4 is 4.46 Å². The summed E-state index contributed by atoms with van der Waals surface area (Å²) in [5, 5.41) is 4.30. The molecule has 0 unspecified atom stereocenters. The molecule has 10 rings (SSSR count). The van der Waals surface area contributed by atoms with E-state index in [2.05, 4.69) is 137 Å². The van der Waals surface area contributed by atoms with E-state index in [-0.39, 0.29) is 0 Å². The van der Waals surface area contributed by atoms with Crippen molar-refractivity contribution in [2.45, 2.75) is 0 Å². The van der Waals surface area contributed by atoms with Crippen molar-refractivity contribution in [2.24, 2.45) is 0 Å². The van der Waals surface area contributed by atoms with Gasteiger partial charge in [-0.05, 0) is 12.1 Å². The van der Waals surface area contributed by atoms with Crippen molar-refractivity contribution in [3.8, 4) is 67.5 Å². The summed E-state index contributed by atoms with van der Waals surface area (Å²) in [4.78, 5) is 15.2. The van der Waals surface area contributed by atoms with Crippen LogP contribution in [-0.2, 0) is 0 Å². The van der Waals surface area contributed by atoms with Crippen molar-refractivity contribution in [1.82, 2.24) is 15.0 Å². The Hall–Kier alpha value is -6.65. The number of furan rings is 1. The molecule has 0 N–H and O–H groups in total. The van der Waals surface area contributed by atoms with Crippen molar-refractivity contribution in [3.63, 3.8) is 0 Å². The van der Waals surface area contributed by atoms with Gasteiger partial charge in [-0.25, -0.2) is 4.98 Å². The molecule has 4 nitrogen and oxygen atoms in total. The molecule has 0 saturated heterocycles. The van der Waals surface area contributed by atoms with Crippen molar-refractivity contribution >= 4 is 53.2 Å². The topological polar surface area (TPSA) is 51.8 Å². The van der Waals surface area contributed by atoms with E-state index < -0.39 is 0 Å². The van der Waals surface area contributed by atoms with Crippen LogP contribution in [0, 0.1) is 0 Å². The predicted octanol–water partition coefficient (Wildman–Crippen LogP) is 11.7. The molecule has 0 saturated carbocycles. The van der Waals surface area contributed by atoms with Crippen LogP contribution in [0.1, 0.15) is 0 Å². The van der Waals surface area contributed by atoms with E-state index in [4.69, 9.17) is 19.4 Å². The van der Waals surface area contributed by atoms with Crippen LogP contribution >= 0.6 is 0 Å². The first-order valence-electron chi connectivity index (χ1n) is 17.9. The van der Waals surface area contributed by atoms with E-state index in [1.54, 1.807) is 0 Å². The van der Waals surface area contributed by atoms with Gasteiger partial charge in [-0.3, -0.25) is 0 Å². The molecule has 253 valence electrons. The Kier molecular flexibility index (Phi) is 7.95. The first kappa shape index (κ1) is 32.0. The van der Waals surface area contributed by atoms with Gasteiger partial charge in [-0.2, -0.15) is 0 Å². The second-order valence-electron chi connectivity index (χ2n) is 13.3. The van der Waals surface area contributed by atoms with Crippen molar-refractivity contribution in [3.05, 3.63) is 182 Å². The molecule has 0 fully saturated rings. The van der Waals surface area contributed by atoms with Crippen molar-refractivity contribution in [1.29, 1.82) is 0 Å². The Balaban J connectivity index is 1.08. The zero-order chi connectivity index (χ0) is 36.0. The van der Waals surface area contributed by atoms with Crippen LogP contribution in [0.2, 0.25) is 0 Å². The fraction of sp³-hybridized carbons (Fsp3) is 0. The summed E-state index contributed by atoms with van der Waals surface area (Å²) < 4.78 is 7.37. The normalized spacial score (nSPS) is 11.4. The Labute approximate surface area is 320 Å². The number of aromatic nitrogens is 3. The Morgan fingerprint density at radius 2 is 0.907 bits per heavy atom. The molecule has 0 aliphatic carbocycles. The number of fused-ring (bicyclic) bond motifs is 4. The predicted molar refractivity (Wildman–Crippen MR) is 223 cm³/mol. The molecule has 2 aromatic heterocycles. The van der Waals surface area contributed by atoms with Crippen LogP contribution in [0.25, 0.3) is 100 Å². The van der Waals surface area contributed by atoms with Crippen LogP contribution in [0.4, 0.5) is 0 Å². The minimum absolute atomic E-state index is 0.602. The van der Waals surface area contributed by atoms with Gasteiger partial charge >= 0.3 is 195 Å². The van der Waals surface area contributed by atoms with E-state index in [1.165, 1.54) is 27.8 Å². The van der Waals surface area contributed by atoms with Crippen molar-refractivity contribution in [2.75, 3.05) is 0 Å². The number of hydrogen-bond donors (Lipinski definition) is 0. The third-order valence-electron chi connectivity index (χ3n) is 10.0. The van der Waals surface area contributed by atoms with Gasteiger partial charge in [0.15, 0.2) is 11.6 Å². The second-order valence-corrected chi connectivity index (χ2v) is 14.2. The Bertz CT molecular complexity index is 3010. The number of para-hydroxylation sites is 1. The number of nitrogens with zero attached hydrogens (tertiary/aromatic N) is 3. The van der Waals surface area contributed by atoms with E-state index in [1.807, 2.05) is 60.7 Å². The van der Waals surface area contributed by atoms with Crippen molar-refractivity contribution < 1.29 is 4.42 Å². The van der Waals surface area contributed by atoms with E-state index in [9.17, 15) is 0 Å². The maximum atomic E-state index is 6.23. The standard InChI is InChI=1S/C49H30N3OSe/c54-46-39(31-13-3-1-4-14-31)22-11-23-40(46)35-18-9-17-33(29-35)37-21-10-19-34-30-36(27-28-38(34)37)48-50-47(32-15-5-2-6-16-32)51-49(52-48)42-24-12-26-44-45(42)41-20-7-8-25-43(41)53-44/h1-30H. The molecule has 0 atom stereocenters. The molecule has 0 amide bonds. The second kappa shape index (κ2) is 13.4. The molecule has 0 aliphatic heterocycles. The molecule has 10 aromatic rings. The molecule has 8 aromatic carbocycles. The van der Waals surface area contributed by atoms with Gasteiger partial charge in [0, 0.05) is 21.9 Å². The quantitative estimate of drug-likeness (QED) is 0.159. The summed E-state index contributed by atoms with van der Waals surface area (Å²) in [6, 6.07) is 63.1. The summed E-state index contributed by atoms with van der Waals surface area (Å²) >= 11 is 3.37. The number of rotatable bonds is 6. The third kappa shape index (κ3) is 5.68.